The van der Waals surface area contributed by atoms with Crippen LogP contribution in [0.1, 0.15) is 32.2 Å². The summed E-state index contributed by atoms with van der Waals surface area (Å²) in [6.45, 7) is 4.57. The Morgan fingerprint density at radius 2 is 2.23 bits per heavy atom. The summed E-state index contributed by atoms with van der Waals surface area (Å²) >= 11 is 0. The van der Waals surface area contributed by atoms with E-state index in [1.165, 1.54) is 12.8 Å². The highest BCUT2D eigenvalue weighted by Crippen LogP contribution is 2.40. The zero-order chi connectivity index (χ0) is 18.7. The Bertz CT molecular complexity index is 773. The fourth-order valence-electron chi connectivity index (χ4n) is 3.86. The number of amides is 1. The van der Waals surface area contributed by atoms with E-state index in [4.69, 9.17) is 9.72 Å². The minimum atomic E-state index is 0.297. The summed E-state index contributed by atoms with van der Waals surface area (Å²) in [4.78, 5) is 20.3. The molecule has 1 saturated heterocycles. The smallest absolute Gasteiger partial charge is 0.214 e. The summed E-state index contributed by atoms with van der Waals surface area (Å²) in [6, 6.07) is 4.17. The molecule has 7 heteroatoms. The van der Waals surface area contributed by atoms with E-state index in [0.29, 0.717) is 18.4 Å². The van der Waals surface area contributed by atoms with E-state index in [2.05, 4.69) is 21.8 Å². The van der Waals surface area contributed by atoms with Gasteiger partial charge in [0, 0.05) is 26.7 Å². The van der Waals surface area contributed by atoms with E-state index in [9.17, 15) is 4.79 Å². The summed E-state index contributed by atoms with van der Waals surface area (Å²) in [7, 11) is 5.82. The molecule has 1 aromatic carbocycles. The third-order valence-corrected chi connectivity index (χ3v) is 5.04. The molecule has 26 heavy (non-hydrogen) atoms. The van der Waals surface area contributed by atoms with E-state index in [1.54, 1.807) is 11.9 Å². The number of likely N-dealkylation sites (N-methyl/N-ethyl adjacent to an activating group) is 1. The van der Waals surface area contributed by atoms with Crippen LogP contribution in [0.2, 0.25) is 0 Å². The average Bonchev–Trinajstić information content (AvgIpc) is 2.88. The Balaban J connectivity index is 2.25. The zero-order valence-electron chi connectivity index (χ0n) is 16.2. The van der Waals surface area contributed by atoms with E-state index in [0.717, 1.165) is 48.6 Å². The standard InChI is InChI=1S/C19H29N5O2/c1-5-26-16-10-9-15-17(18(16)23(4)13-25)24(19(20-2)21-15)14-8-6-7-11-22(3)12-14/h9-10,13-14H,5-8,11-12H2,1-4H3,(H,20,21). The Morgan fingerprint density at radius 1 is 1.42 bits per heavy atom. The zero-order valence-corrected chi connectivity index (χ0v) is 16.2. The Morgan fingerprint density at radius 3 is 2.92 bits per heavy atom. The number of likely N-dealkylation sites (tertiary alicyclic amines) is 1. The number of fused-ring (bicyclic) bond motifs is 1. The number of aromatic nitrogens is 2. The Labute approximate surface area is 154 Å². The van der Waals surface area contributed by atoms with E-state index in [1.807, 2.05) is 26.1 Å². The molecule has 1 aliphatic rings. The number of rotatable bonds is 6. The Hall–Kier alpha value is -2.28. The normalized spacial score (nSPS) is 18.5. The van der Waals surface area contributed by atoms with Crippen molar-refractivity contribution in [2.45, 2.75) is 32.2 Å². The number of hydrogen-bond acceptors (Lipinski definition) is 5. The molecule has 1 amide bonds. The van der Waals surface area contributed by atoms with Crippen LogP contribution in [0.25, 0.3) is 11.0 Å². The number of nitrogens with one attached hydrogen (secondary N) is 1. The van der Waals surface area contributed by atoms with Gasteiger partial charge >= 0.3 is 0 Å². The maximum Gasteiger partial charge on any atom is 0.214 e. The van der Waals surface area contributed by atoms with Crippen LogP contribution in [0.3, 0.4) is 0 Å². The predicted octanol–water partition coefficient (Wildman–Crippen LogP) is 2.73. The fourth-order valence-corrected chi connectivity index (χ4v) is 3.86. The number of hydrogen-bond donors (Lipinski definition) is 1. The first kappa shape index (κ1) is 18.5. The van der Waals surface area contributed by atoms with Gasteiger partial charge in [-0.25, -0.2) is 4.98 Å². The van der Waals surface area contributed by atoms with Gasteiger partial charge in [-0.1, -0.05) is 6.42 Å². The Kier molecular flexibility index (Phi) is 5.66. The second-order valence-electron chi connectivity index (χ2n) is 6.90. The third-order valence-electron chi connectivity index (χ3n) is 5.04. The monoisotopic (exact) mass is 359 g/mol. The lowest BCUT2D eigenvalue weighted by Gasteiger charge is -2.26. The van der Waals surface area contributed by atoms with Crippen molar-refractivity contribution in [2.24, 2.45) is 0 Å². The first-order valence-electron chi connectivity index (χ1n) is 9.32. The predicted molar refractivity (Wildman–Crippen MR) is 105 cm³/mol. The maximum absolute atomic E-state index is 11.6. The van der Waals surface area contributed by atoms with Gasteiger partial charge in [0.1, 0.15) is 11.4 Å². The molecule has 1 unspecified atom stereocenters. The summed E-state index contributed by atoms with van der Waals surface area (Å²) in [5.74, 6) is 1.54. The van der Waals surface area contributed by atoms with Crippen LogP contribution >= 0.6 is 0 Å². The molecule has 0 bridgehead atoms. The molecule has 0 radical (unpaired) electrons. The second kappa shape index (κ2) is 7.95. The van der Waals surface area contributed by atoms with Crippen LogP contribution in [0.5, 0.6) is 5.75 Å². The van der Waals surface area contributed by atoms with Crippen molar-refractivity contribution in [3.05, 3.63) is 12.1 Å². The molecule has 142 valence electrons. The number of anilines is 2. The van der Waals surface area contributed by atoms with Crippen molar-refractivity contribution in [3.63, 3.8) is 0 Å². The quantitative estimate of drug-likeness (QED) is 0.804. The largest absolute Gasteiger partial charge is 0.492 e. The van der Waals surface area contributed by atoms with Crippen molar-refractivity contribution < 1.29 is 9.53 Å². The average molecular weight is 359 g/mol. The van der Waals surface area contributed by atoms with E-state index < -0.39 is 0 Å². The highest BCUT2D eigenvalue weighted by molar-refractivity contribution is 5.99. The number of ether oxygens (including phenoxy) is 1. The molecule has 2 heterocycles. The van der Waals surface area contributed by atoms with Crippen molar-refractivity contribution in [3.8, 4) is 5.75 Å². The highest BCUT2D eigenvalue weighted by atomic mass is 16.5. The molecule has 7 nitrogen and oxygen atoms in total. The van der Waals surface area contributed by atoms with Crippen LogP contribution in [-0.2, 0) is 4.79 Å². The topological polar surface area (TPSA) is 62.6 Å². The lowest BCUT2D eigenvalue weighted by atomic mass is 10.1. The first-order valence-corrected chi connectivity index (χ1v) is 9.32. The molecule has 3 rings (SSSR count). The van der Waals surface area contributed by atoms with Crippen molar-refractivity contribution >= 4 is 29.1 Å². The number of carbonyl (C=O) groups excluding carboxylic acids is 1. The van der Waals surface area contributed by atoms with Crippen LogP contribution in [0.15, 0.2) is 12.1 Å². The molecule has 0 aliphatic carbocycles. The molecule has 0 spiro atoms. The second-order valence-corrected chi connectivity index (χ2v) is 6.90. The molecule has 2 aromatic rings. The van der Waals surface area contributed by atoms with Gasteiger partial charge in [-0.15, -0.1) is 0 Å². The molecular formula is C19H29N5O2. The van der Waals surface area contributed by atoms with E-state index >= 15 is 0 Å². The number of imidazole rings is 1. The number of carbonyl (C=O) groups is 1. The van der Waals surface area contributed by atoms with E-state index in [-0.39, 0.29) is 0 Å². The van der Waals surface area contributed by atoms with Gasteiger partial charge < -0.3 is 24.4 Å². The van der Waals surface area contributed by atoms with Gasteiger partial charge in [-0.3, -0.25) is 4.79 Å². The molecule has 1 aliphatic heterocycles. The summed E-state index contributed by atoms with van der Waals surface area (Å²) < 4.78 is 8.09. The van der Waals surface area contributed by atoms with Gasteiger partial charge in [-0.2, -0.15) is 0 Å². The molecule has 1 aromatic heterocycles. The van der Waals surface area contributed by atoms with Crippen LogP contribution in [0, 0.1) is 0 Å². The lowest BCUT2D eigenvalue weighted by molar-refractivity contribution is -0.107. The summed E-state index contributed by atoms with van der Waals surface area (Å²) in [5, 5.41) is 3.24. The minimum absolute atomic E-state index is 0.297. The molecule has 0 saturated carbocycles. The number of nitrogens with zero attached hydrogens (tertiary/aromatic N) is 4. The summed E-state index contributed by atoms with van der Waals surface area (Å²) in [6.07, 6.45) is 4.31. The third kappa shape index (κ3) is 3.35. The minimum Gasteiger partial charge on any atom is -0.492 e. The van der Waals surface area contributed by atoms with Crippen LogP contribution in [0.4, 0.5) is 11.6 Å². The van der Waals surface area contributed by atoms with Crippen molar-refractivity contribution in [2.75, 3.05) is 51.1 Å². The van der Waals surface area contributed by atoms with Gasteiger partial charge in [0.05, 0.1) is 17.6 Å². The lowest BCUT2D eigenvalue weighted by Crippen LogP contribution is -2.27. The van der Waals surface area contributed by atoms with Crippen LogP contribution < -0.4 is 15.0 Å². The van der Waals surface area contributed by atoms with Crippen molar-refractivity contribution in [1.82, 2.24) is 14.5 Å². The SMILES string of the molecule is CCOc1ccc2nc(NC)n(C3CCCCN(C)C3)c2c1N(C)C=O. The molecule has 1 N–H and O–H groups in total. The van der Waals surface area contributed by atoms with Gasteiger partial charge in [0.25, 0.3) is 0 Å². The molecule has 1 atom stereocenters. The van der Waals surface area contributed by atoms with Crippen molar-refractivity contribution in [1.29, 1.82) is 0 Å². The first-order chi connectivity index (χ1) is 12.6. The maximum atomic E-state index is 11.6. The summed E-state index contributed by atoms with van der Waals surface area (Å²) in [5.41, 5.74) is 2.60. The number of benzene rings is 1. The fraction of sp³-hybridized carbons (Fsp3) is 0.579. The van der Waals surface area contributed by atoms with Crippen LogP contribution in [-0.4, -0.2) is 61.7 Å². The van der Waals surface area contributed by atoms with Gasteiger partial charge in [0.2, 0.25) is 12.4 Å². The van der Waals surface area contributed by atoms with Gasteiger partial charge in [-0.05, 0) is 45.5 Å². The highest BCUT2D eigenvalue weighted by Gasteiger charge is 2.26. The molecule has 1 fully saturated rings. The van der Waals surface area contributed by atoms with Gasteiger partial charge in [0.15, 0.2) is 0 Å². The molecular weight excluding hydrogens is 330 g/mol.